The quantitative estimate of drug-likeness (QED) is 0.785. The zero-order valence-corrected chi connectivity index (χ0v) is 15.5. The lowest BCUT2D eigenvalue weighted by Crippen LogP contribution is -2.55. The number of rotatable bonds is 3. The van der Waals surface area contributed by atoms with Gasteiger partial charge >= 0.3 is 6.09 Å². The predicted octanol–water partition coefficient (Wildman–Crippen LogP) is 1.21. The Morgan fingerprint density at radius 3 is 2.38 bits per heavy atom. The fourth-order valence-corrected chi connectivity index (χ4v) is 5.98. The Hall–Kier alpha value is -1.34. The van der Waals surface area contributed by atoms with Gasteiger partial charge in [0.25, 0.3) is 0 Å². The van der Waals surface area contributed by atoms with E-state index in [0.717, 1.165) is 71.1 Å². The molecule has 0 aromatic rings. The molecule has 3 saturated heterocycles. The second-order valence-electron chi connectivity index (χ2n) is 8.84. The van der Waals surface area contributed by atoms with Gasteiger partial charge in [0.2, 0.25) is 5.91 Å². The van der Waals surface area contributed by atoms with E-state index >= 15 is 0 Å². The first-order chi connectivity index (χ1) is 12.5. The lowest BCUT2D eigenvalue weighted by molar-refractivity contribution is -0.136. The molecule has 4 rings (SSSR count). The third-order valence-electron chi connectivity index (χ3n) is 7.44. The molecule has 146 valence electrons. The van der Waals surface area contributed by atoms with Crippen LogP contribution in [0.2, 0.25) is 0 Å². The van der Waals surface area contributed by atoms with Crippen molar-refractivity contribution in [2.45, 2.75) is 57.0 Å². The highest BCUT2D eigenvalue weighted by atomic mass is 16.4. The molecule has 1 saturated carbocycles. The first-order valence-electron chi connectivity index (χ1n) is 10.1. The first kappa shape index (κ1) is 18.0. The summed E-state index contributed by atoms with van der Waals surface area (Å²) in [4.78, 5) is 29.2. The second kappa shape index (κ2) is 7.00. The fourth-order valence-electron chi connectivity index (χ4n) is 5.98. The zero-order valence-electron chi connectivity index (χ0n) is 15.5. The van der Waals surface area contributed by atoms with Crippen LogP contribution in [0.25, 0.3) is 0 Å². The summed E-state index contributed by atoms with van der Waals surface area (Å²) in [6.45, 7) is 4.02. The summed E-state index contributed by atoms with van der Waals surface area (Å²) in [6.07, 6.45) is 6.92. The van der Waals surface area contributed by atoms with Crippen LogP contribution in [0, 0.1) is 11.3 Å². The third-order valence-corrected chi connectivity index (χ3v) is 7.44. The molecule has 7 nitrogen and oxygen atoms in total. The topological polar surface area (TPSA) is 84.3 Å². The van der Waals surface area contributed by atoms with Gasteiger partial charge in [0.1, 0.15) is 6.61 Å². The SMILES string of the molecule is O=C(O)N1CCC2(CC(N3CCC([C@@H]4CCCN4C(=O)CO)CC3)C2)C1. The van der Waals surface area contributed by atoms with E-state index in [4.69, 9.17) is 5.11 Å². The summed E-state index contributed by atoms with van der Waals surface area (Å²) in [5.74, 6) is 0.451. The van der Waals surface area contributed by atoms with E-state index in [0.29, 0.717) is 24.5 Å². The molecule has 1 spiro atoms. The van der Waals surface area contributed by atoms with Crippen LogP contribution in [-0.2, 0) is 4.79 Å². The number of carbonyl (C=O) groups is 2. The number of nitrogens with zero attached hydrogens (tertiary/aromatic N) is 3. The minimum Gasteiger partial charge on any atom is -0.465 e. The van der Waals surface area contributed by atoms with Crippen LogP contribution >= 0.6 is 0 Å². The number of hydrogen-bond donors (Lipinski definition) is 2. The van der Waals surface area contributed by atoms with E-state index in [2.05, 4.69) is 4.90 Å². The van der Waals surface area contributed by atoms with Crippen molar-refractivity contribution in [3.8, 4) is 0 Å². The van der Waals surface area contributed by atoms with Gasteiger partial charge in [0.05, 0.1) is 0 Å². The van der Waals surface area contributed by atoms with Crippen molar-refractivity contribution >= 4 is 12.0 Å². The molecule has 1 aliphatic carbocycles. The van der Waals surface area contributed by atoms with E-state index in [-0.39, 0.29) is 17.9 Å². The van der Waals surface area contributed by atoms with E-state index in [1.807, 2.05) is 4.90 Å². The Morgan fingerprint density at radius 1 is 1.04 bits per heavy atom. The van der Waals surface area contributed by atoms with Crippen LogP contribution in [0.1, 0.15) is 44.9 Å². The molecule has 0 aromatic carbocycles. The molecule has 4 aliphatic rings. The Labute approximate surface area is 154 Å². The molecule has 0 unspecified atom stereocenters. The van der Waals surface area contributed by atoms with Gasteiger partial charge in [0, 0.05) is 31.7 Å². The standard InChI is InChI=1S/C19H31N3O4/c23-12-17(24)22-6-1-2-16(22)14-3-7-20(8-4-14)15-10-19(11-15)5-9-21(13-19)18(25)26/h14-16,23H,1-13H2,(H,25,26)/t15?,16-,19?/m0/s1. The molecular formula is C19H31N3O4. The predicted molar refractivity (Wildman–Crippen MR) is 95.8 cm³/mol. The molecule has 0 radical (unpaired) electrons. The Balaban J connectivity index is 1.25. The molecule has 2 amide bonds. The summed E-state index contributed by atoms with van der Waals surface area (Å²) in [5.41, 5.74) is 0.246. The van der Waals surface area contributed by atoms with Gasteiger partial charge in [-0.05, 0) is 69.4 Å². The highest BCUT2D eigenvalue weighted by molar-refractivity contribution is 5.77. The molecule has 26 heavy (non-hydrogen) atoms. The van der Waals surface area contributed by atoms with Crippen LogP contribution < -0.4 is 0 Å². The number of amides is 2. The highest BCUT2D eigenvalue weighted by Gasteiger charge is 2.51. The number of aliphatic hydroxyl groups is 1. The van der Waals surface area contributed by atoms with Gasteiger partial charge in [-0.3, -0.25) is 4.79 Å². The average molecular weight is 365 g/mol. The molecule has 1 atom stereocenters. The van der Waals surface area contributed by atoms with Crippen LogP contribution in [0.4, 0.5) is 4.79 Å². The van der Waals surface area contributed by atoms with E-state index < -0.39 is 6.09 Å². The summed E-state index contributed by atoms with van der Waals surface area (Å²) in [7, 11) is 0. The molecule has 0 bridgehead atoms. The van der Waals surface area contributed by atoms with Crippen molar-refractivity contribution in [3.05, 3.63) is 0 Å². The number of hydrogen-bond acceptors (Lipinski definition) is 4. The highest BCUT2D eigenvalue weighted by Crippen LogP contribution is 2.50. The zero-order chi connectivity index (χ0) is 18.3. The smallest absolute Gasteiger partial charge is 0.407 e. The summed E-state index contributed by atoms with van der Waals surface area (Å²) < 4.78 is 0. The number of piperidine rings is 1. The summed E-state index contributed by atoms with van der Waals surface area (Å²) in [5, 5.41) is 18.3. The van der Waals surface area contributed by atoms with Crippen molar-refractivity contribution < 1.29 is 19.8 Å². The maximum Gasteiger partial charge on any atom is 0.407 e. The monoisotopic (exact) mass is 365 g/mol. The third kappa shape index (κ3) is 3.20. The minimum absolute atomic E-state index is 0.111. The fraction of sp³-hybridized carbons (Fsp3) is 0.895. The number of likely N-dealkylation sites (tertiary alicyclic amines) is 3. The summed E-state index contributed by atoms with van der Waals surface area (Å²) in [6, 6.07) is 0.937. The van der Waals surface area contributed by atoms with Gasteiger partial charge in [-0.25, -0.2) is 4.79 Å². The number of carboxylic acid groups (broad SMARTS) is 1. The average Bonchev–Trinajstić information content (AvgIpc) is 3.27. The van der Waals surface area contributed by atoms with Crippen LogP contribution in [-0.4, -0.2) is 88.3 Å². The molecule has 0 aromatic heterocycles. The number of carbonyl (C=O) groups excluding carboxylic acids is 1. The van der Waals surface area contributed by atoms with Crippen LogP contribution in [0.5, 0.6) is 0 Å². The Bertz CT molecular complexity index is 555. The second-order valence-corrected chi connectivity index (χ2v) is 8.84. The minimum atomic E-state index is -0.773. The van der Waals surface area contributed by atoms with Gasteiger partial charge in [-0.15, -0.1) is 0 Å². The van der Waals surface area contributed by atoms with Crippen LogP contribution in [0.15, 0.2) is 0 Å². The van der Waals surface area contributed by atoms with Crippen molar-refractivity contribution in [2.24, 2.45) is 11.3 Å². The maximum absolute atomic E-state index is 11.9. The van der Waals surface area contributed by atoms with Gasteiger partial charge in [-0.1, -0.05) is 0 Å². The van der Waals surface area contributed by atoms with Gasteiger partial charge < -0.3 is 24.9 Å². The van der Waals surface area contributed by atoms with Gasteiger partial charge in [-0.2, -0.15) is 0 Å². The molecule has 4 fully saturated rings. The largest absolute Gasteiger partial charge is 0.465 e. The lowest BCUT2D eigenvalue weighted by Gasteiger charge is -2.52. The van der Waals surface area contributed by atoms with Crippen molar-refractivity contribution in [2.75, 3.05) is 39.3 Å². The van der Waals surface area contributed by atoms with Crippen molar-refractivity contribution in [3.63, 3.8) is 0 Å². The van der Waals surface area contributed by atoms with E-state index in [1.54, 1.807) is 4.90 Å². The lowest BCUT2D eigenvalue weighted by atomic mass is 9.64. The van der Waals surface area contributed by atoms with Crippen molar-refractivity contribution in [1.82, 2.24) is 14.7 Å². The van der Waals surface area contributed by atoms with E-state index in [9.17, 15) is 14.7 Å². The normalized spacial score (nSPS) is 35.9. The first-order valence-corrected chi connectivity index (χ1v) is 10.1. The molecule has 2 N–H and O–H groups in total. The molecular weight excluding hydrogens is 334 g/mol. The van der Waals surface area contributed by atoms with Gasteiger partial charge in [0.15, 0.2) is 0 Å². The summed E-state index contributed by atoms with van der Waals surface area (Å²) >= 11 is 0. The Kier molecular flexibility index (Phi) is 4.86. The Morgan fingerprint density at radius 2 is 1.77 bits per heavy atom. The molecule has 3 heterocycles. The number of aliphatic hydroxyl groups excluding tert-OH is 1. The van der Waals surface area contributed by atoms with Crippen LogP contribution in [0.3, 0.4) is 0 Å². The van der Waals surface area contributed by atoms with E-state index in [1.165, 1.54) is 0 Å². The van der Waals surface area contributed by atoms with Crippen molar-refractivity contribution in [1.29, 1.82) is 0 Å². The maximum atomic E-state index is 11.9. The molecule has 7 heteroatoms. The molecule has 3 aliphatic heterocycles.